The summed E-state index contributed by atoms with van der Waals surface area (Å²) in [6, 6.07) is 3.02. The molecule has 0 radical (unpaired) electrons. The molecule has 0 unspecified atom stereocenters. The van der Waals surface area contributed by atoms with Gasteiger partial charge in [0.1, 0.15) is 22.8 Å². The molecule has 0 saturated carbocycles. The van der Waals surface area contributed by atoms with Gasteiger partial charge in [-0.3, -0.25) is 4.79 Å². The Bertz CT molecular complexity index is 675. The van der Waals surface area contributed by atoms with Crippen LogP contribution in [0.15, 0.2) is 24.4 Å². The van der Waals surface area contributed by atoms with Crippen LogP contribution in [-0.2, 0) is 0 Å². The van der Waals surface area contributed by atoms with Crippen LogP contribution in [0.5, 0.6) is 0 Å². The maximum absolute atomic E-state index is 13.4. The van der Waals surface area contributed by atoms with E-state index in [1.165, 1.54) is 13.1 Å². The molecular formula is C13H10F2N2O3. The molecule has 104 valence electrons. The van der Waals surface area contributed by atoms with E-state index in [1.54, 1.807) is 0 Å². The van der Waals surface area contributed by atoms with Crippen LogP contribution in [0.25, 0.3) is 0 Å². The molecule has 0 saturated heterocycles. The van der Waals surface area contributed by atoms with Crippen molar-refractivity contribution >= 4 is 17.6 Å². The number of H-pyrrole nitrogens is 1. The second-order valence-electron chi connectivity index (χ2n) is 4.06. The number of hydrogen-bond acceptors (Lipinski definition) is 2. The van der Waals surface area contributed by atoms with Crippen molar-refractivity contribution in [2.75, 3.05) is 5.32 Å². The minimum Gasteiger partial charge on any atom is -0.478 e. The molecule has 1 amide bonds. The fourth-order valence-corrected chi connectivity index (χ4v) is 1.80. The van der Waals surface area contributed by atoms with Crippen molar-refractivity contribution in [1.82, 2.24) is 4.98 Å². The number of anilines is 1. The lowest BCUT2D eigenvalue weighted by atomic mass is 10.1. The largest absolute Gasteiger partial charge is 0.478 e. The summed E-state index contributed by atoms with van der Waals surface area (Å²) in [7, 11) is 0. The first-order valence-corrected chi connectivity index (χ1v) is 5.58. The van der Waals surface area contributed by atoms with Gasteiger partial charge in [0.15, 0.2) is 0 Å². The molecule has 2 rings (SSSR count). The van der Waals surface area contributed by atoms with E-state index in [0.29, 0.717) is 5.69 Å². The van der Waals surface area contributed by atoms with E-state index in [-0.39, 0.29) is 11.3 Å². The van der Waals surface area contributed by atoms with E-state index in [2.05, 4.69) is 10.3 Å². The van der Waals surface area contributed by atoms with Crippen molar-refractivity contribution in [2.45, 2.75) is 6.92 Å². The highest BCUT2D eigenvalue weighted by Gasteiger charge is 2.21. The molecule has 2 aromatic rings. The van der Waals surface area contributed by atoms with E-state index in [0.717, 1.165) is 18.2 Å². The molecule has 0 atom stereocenters. The summed E-state index contributed by atoms with van der Waals surface area (Å²) in [4.78, 5) is 25.5. The molecule has 20 heavy (non-hydrogen) atoms. The zero-order valence-corrected chi connectivity index (χ0v) is 10.3. The predicted octanol–water partition coefficient (Wildman–Crippen LogP) is 2.55. The summed E-state index contributed by atoms with van der Waals surface area (Å²) in [5, 5.41) is 11.2. The Labute approximate surface area is 112 Å². The first kappa shape index (κ1) is 13.7. The highest BCUT2D eigenvalue weighted by atomic mass is 19.1. The number of carbonyl (C=O) groups is 2. The van der Waals surface area contributed by atoms with Gasteiger partial charge in [0.25, 0.3) is 5.91 Å². The first-order chi connectivity index (χ1) is 9.41. The predicted molar refractivity (Wildman–Crippen MR) is 66.8 cm³/mol. The SMILES string of the molecule is Cc1[nH]cc(NC(=O)c2c(F)cccc2F)c1C(=O)O. The van der Waals surface area contributed by atoms with Gasteiger partial charge in [-0.05, 0) is 19.1 Å². The van der Waals surface area contributed by atoms with Crippen LogP contribution in [0.4, 0.5) is 14.5 Å². The zero-order valence-electron chi connectivity index (χ0n) is 10.3. The normalized spacial score (nSPS) is 10.3. The summed E-state index contributed by atoms with van der Waals surface area (Å²) in [5.74, 6) is -4.35. The average Bonchev–Trinajstić information content (AvgIpc) is 2.70. The van der Waals surface area contributed by atoms with Crippen molar-refractivity contribution < 1.29 is 23.5 Å². The van der Waals surface area contributed by atoms with Crippen molar-refractivity contribution in [2.24, 2.45) is 0 Å². The molecule has 1 aromatic carbocycles. The topological polar surface area (TPSA) is 82.2 Å². The van der Waals surface area contributed by atoms with Gasteiger partial charge in [0.2, 0.25) is 0 Å². The van der Waals surface area contributed by atoms with E-state index < -0.39 is 29.1 Å². The second-order valence-corrected chi connectivity index (χ2v) is 4.06. The van der Waals surface area contributed by atoms with Gasteiger partial charge in [0, 0.05) is 11.9 Å². The lowest BCUT2D eigenvalue weighted by Crippen LogP contribution is -2.17. The summed E-state index contributed by atoms with van der Waals surface area (Å²) in [6.45, 7) is 1.50. The number of nitrogens with one attached hydrogen (secondary N) is 2. The van der Waals surface area contributed by atoms with Crippen LogP contribution < -0.4 is 5.32 Å². The molecule has 7 heteroatoms. The molecule has 5 nitrogen and oxygen atoms in total. The third-order valence-corrected chi connectivity index (χ3v) is 2.73. The number of rotatable bonds is 3. The Kier molecular flexibility index (Phi) is 3.51. The average molecular weight is 280 g/mol. The number of carboxylic acids is 1. The molecule has 1 aromatic heterocycles. The van der Waals surface area contributed by atoms with Crippen LogP contribution in [0, 0.1) is 18.6 Å². The third-order valence-electron chi connectivity index (χ3n) is 2.73. The minimum absolute atomic E-state index is 0.0531. The highest BCUT2D eigenvalue weighted by Crippen LogP contribution is 2.21. The van der Waals surface area contributed by atoms with Gasteiger partial charge in [-0.15, -0.1) is 0 Å². The number of aromatic carboxylic acids is 1. The maximum atomic E-state index is 13.4. The van der Waals surface area contributed by atoms with Crippen molar-refractivity contribution in [3.8, 4) is 0 Å². The van der Waals surface area contributed by atoms with Gasteiger partial charge in [0.05, 0.1) is 5.69 Å². The molecule has 0 fully saturated rings. The van der Waals surface area contributed by atoms with Crippen molar-refractivity contribution in [3.63, 3.8) is 0 Å². The fourth-order valence-electron chi connectivity index (χ4n) is 1.80. The Hall–Kier alpha value is -2.70. The molecule has 0 bridgehead atoms. The standard InChI is InChI=1S/C13H10F2N2O3/c1-6-10(13(19)20)9(5-16-6)17-12(18)11-7(14)3-2-4-8(11)15/h2-5,16H,1H3,(H,17,18)(H,19,20). The van der Waals surface area contributed by atoms with E-state index in [1.807, 2.05) is 0 Å². The van der Waals surface area contributed by atoms with Crippen molar-refractivity contribution in [3.05, 3.63) is 52.9 Å². The van der Waals surface area contributed by atoms with E-state index >= 15 is 0 Å². The summed E-state index contributed by atoms with van der Waals surface area (Å²) >= 11 is 0. The molecule has 1 heterocycles. The van der Waals surface area contributed by atoms with Crippen LogP contribution in [0.1, 0.15) is 26.4 Å². The van der Waals surface area contributed by atoms with Gasteiger partial charge < -0.3 is 15.4 Å². The number of halogens is 2. The maximum Gasteiger partial charge on any atom is 0.339 e. The molecular weight excluding hydrogens is 270 g/mol. The van der Waals surface area contributed by atoms with Crippen molar-refractivity contribution in [1.29, 1.82) is 0 Å². The number of aryl methyl sites for hydroxylation is 1. The minimum atomic E-state index is -1.26. The molecule has 0 aliphatic carbocycles. The fraction of sp³-hybridized carbons (Fsp3) is 0.0769. The Morgan fingerprint density at radius 1 is 1.20 bits per heavy atom. The summed E-state index contributed by atoms with van der Waals surface area (Å²) in [5.41, 5.74) is -0.651. The number of benzene rings is 1. The number of carbonyl (C=O) groups excluding carboxylic acids is 1. The molecule has 3 N–H and O–H groups in total. The number of carboxylic acid groups (broad SMARTS) is 1. The van der Waals surface area contributed by atoms with E-state index in [9.17, 15) is 18.4 Å². The van der Waals surface area contributed by atoms with Gasteiger partial charge in [-0.1, -0.05) is 6.07 Å². The van der Waals surface area contributed by atoms with Gasteiger partial charge in [-0.2, -0.15) is 0 Å². The number of aromatic nitrogens is 1. The Morgan fingerprint density at radius 2 is 1.80 bits per heavy atom. The highest BCUT2D eigenvalue weighted by molar-refractivity contribution is 6.08. The Morgan fingerprint density at radius 3 is 2.35 bits per heavy atom. The number of aromatic amines is 1. The van der Waals surface area contributed by atoms with Crippen LogP contribution in [-0.4, -0.2) is 22.0 Å². The smallest absolute Gasteiger partial charge is 0.339 e. The molecule has 0 spiro atoms. The number of hydrogen-bond donors (Lipinski definition) is 3. The van der Waals surface area contributed by atoms with Crippen LogP contribution in [0.2, 0.25) is 0 Å². The monoisotopic (exact) mass is 280 g/mol. The van der Waals surface area contributed by atoms with Gasteiger partial charge >= 0.3 is 5.97 Å². The van der Waals surface area contributed by atoms with Gasteiger partial charge in [-0.25, -0.2) is 13.6 Å². The molecule has 0 aliphatic rings. The van der Waals surface area contributed by atoms with Crippen LogP contribution in [0.3, 0.4) is 0 Å². The second kappa shape index (κ2) is 5.12. The zero-order chi connectivity index (χ0) is 14.9. The molecule has 0 aliphatic heterocycles. The first-order valence-electron chi connectivity index (χ1n) is 5.58. The lowest BCUT2D eigenvalue weighted by molar-refractivity contribution is 0.0697. The van der Waals surface area contributed by atoms with Crippen LogP contribution >= 0.6 is 0 Å². The third kappa shape index (κ3) is 2.37. The summed E-state index contributed by atoms with van der Waals surface area (Å²) < 4.78 is 26.9. The summed E-state index contributed by atoms with van der Waals surface area (Å²) in [6.07, 6.45) is 1.25. The Balaban J connectivity index is 2.36. The number of amides is 1. The quantitative estimate of drug-likeness (QED) is 0.808. The van der Waals surface area contributed by atoms with E-state index in [4.69, 9.17) is 5.11 Å². The lowest BCUT2D eigenvalue weighted by Gasteiger charge is -2.06.